The zero-order valence-corrected chi connectivity index (χ0v) is 15.3. The maximum absolute atomic E-state index is 13.3. The van der Waals surface area contributed by atoms with Crippen LogP contribution in [0.2, 0.25) is 0 Å². The Hall–Kier alpha value is -1.99. The largest absolute Gasteiger partial charge is 0.383 e. The molecule has 1 aromatic carbocycles. The number of fused-ring (bicyclic) bond motifs is 1. The maximum Gasteiger partial charge on any atom is 0.220 e. The van der Waals surface area contributed by atoms with Gasteiger partial charge in [0.2, 0.25) is 5.91 Å². The summed E-state index contributed by atoms with van der Waals surface area (Å²) < 4.78 is 18.2. The molecule has 3 rings (SSSR count). The molecule has 7 heteroatoms. The molecule has 2 heterocycles. The maximum atomic E-state index is 13.3. The van der Waals surface area contributed by atoms with Crippen LogP contribution in [-0.2, 0) is 16.1 Å². The summed E-state index contributed by atoms with van der Waals surface area (Å²) in [7, 11) is 1.63. The van der Waals surface area contributed by atoms with Crippen molar-refractivity contribution in [2.45, 2.75) is 32.2 Å². The smallest absolute Gasteiger partial charge is 0.220 e. The van der Waals surface area contributed by atoms with Crippen LogP contribution in [0.1, 0.15) is 31.5 Å². The minimum Gasteiger partial charge on any atom is -0.383 e. The number of rotatable bonds is 8. The van der Waals surface area contributed by atoms with E-state index in [2.05, 4.69) is 20.2 Å². The van der Waals surface area contributed by atoms with E-state index < -0.39 is 0 Å². The number of imidazole rings is 1. The number of carbonyl (C=O) groups is 1. The first kappa shape index (κ1) is 18.8. The van der Waals surface area contributed by atoms with Crippen molar-refractivity contribution in [1.82, 2.24) is 20.2 Å². The Morgan fingerprint density at radius 1 is 1.42 bits per heavy atom. The lowest BCUT2D eigenvalue weighted by atomic mass is 9.92. The van der Waals surface area contributed by atoms with Gasteiger partial charge in [-0.2, -0.15) is 0 Å². The van der Waals surface area contributed by atoms with Crippen LogP contribution in [0.15, 0.2) is 18.2 Å². The number of nitrogens with zero attached hydrogens (tertiary/aromatic N) is 2. The standard InChI is InChI=1S/C19H27FN4O2/c1-26-11-8-21-19(25)5-2-14-6-9-24(10-7-14)13-18-22-16-4-3-15(20)12-17(16)23-18/h3-4,12,14H,2,5-11,13H2,1H3,(H,21,25)(H,22,23). The first-order chi connectivity index (χ1) is 12.6. The highest BCUT2D eigenvalue weighted by Crippen LogP contribution is 2.23. The highest BCUT2D eigenvalue weighted by molar-refractivity contribution is 5.76. The molecule has 2 aromatic rings. The first-order valence-electron chi connectivity index (χ1n) is 9.26. The van der Waals surface area contributed by atoms with Crippen LogP contribution in [0.4, 0.5) is 4.39 Å². The van der Waals surface area contributed by atoms with Crippen molar-refractivity contribution in [3.63, 3.8) is 0 Å². The number of methoxy groups -OCH3 is 1. The lowest BCUT2D eigenvalue weighted by Gasteiger charge is -2.31. The minimum atomic E-state index is -0.250. The second-order valence-corrected chi connectivity index (χ2v) is 6.95. The van der Waals surface area contributed by atoms with Gasteiger partial charge in [-0.05, 0) is 56.5 Å². The average Bonchev–Trinajstić information content (AvgIpc) is 3.02. The lowest BCUT2D eigenvalue weighted by molar-refractivity contribution is -0.121. The number of carbonyl (C=O) groups excluding carboxylic acids is 1. The number of benzene rings is 1. The predicted octanol–water partition coefficient (Wildman–Crippen LogP) is 2.46. The molecule has 0 spiro atoms. The zero-order valence-electron chi connectivity index (χ0n) is 15.3. The molecule has 0 aliphatic carbocycles. The van der Waals surface area contributed by atoms with Crippen molar-refractivity contribution in [3.05, 3.63) is 29.8 Å². The van der Waals surface area contributed by atoms with Gasteiger partial charge in [0.15, 0.2) is 0 Å². The molecule has 1 fully saturated rings. The Labute approximate surface area is 153 Å². The molecule has 0 atom stereocenters. The van der Waals surface area contributed by atoms with E-state index >= 15 is 0 Å². The van der Waals surface area contributed by atoms with Gasteiger partial charge in [0, 0.05) is 20.1 Å². The van der Waals surface area contributed by atoms with Crippen LogP contribution in [-0.4, -0.2) is 54.1 Å². The number of aromatic nitrogens is 2. The van der Waals surface area contributed by atoms with Gasteiger partial charge in [0.25, 0.3) is 0 Å². The molecule has 142 valence electrons. The fourth-order valence-corrected chi connectivity index (χ4v) is 3.47. The van der Waals surface area contributed by atoms with Crippen LogP contribution in [0.5, 0.6) is 0 Å². The summed E-state index contributed by atoms with van der Waals surface area (Å²) in [5.74, 6) is 1.34. The van der Waals surface area contributed by atoms with E-state index in [1.165, 1.54) is 12.1 Å². The summed E-state index contributed by atoms with van der Waals surface area (Å²) in [6.07, 6.45) is 3.72. The predicted molar refractivity (Wildman–Crippen MR) is 98.2 cm³/mol. The Morgan fingerprint density at radius 2 is 2.23 bits per heavy atom. The van der Waals surface area contributed by atoms with E-state index in [1.807, 2.05) is 0 Å². The van der Waals surface area contributed by atoms with Gasteiger partial charge in [-0.1, -0.05) is 0 Å². The number of ether oxygens (including phenoxy) is 1. The molecule has 0 saturated carbocycles. The van der Waals surface area contributed by atoms with E-state index in [0.29, 0.717) is 25.5 Å². The number of amides is 1. The second kappa shape index (κ2) is 9.09. The first-order valence-corrected chi connectivity index (χ1v) is 9.26. The number of hydrogen-bond donors (Lipinski definition) is 2. The van der Waals surface area contributed by atoms with Crippen LogP contribution in [0, 0.1) is 11.7 Å². The molecule has 1 aliphatic heterocycles. The second-order valence-electron chi connectivity index (χ2n) is 6.95. The third-order valence-electron chi connectivity index (χ3n) is 4.98. The Bertz CT molecular complexity index is 725. The van der Waals surface area contributed by atoms with Crippen molar-refractivity contribution in [1.29, 1.82) is 0 Å². The van der Waals surface area contributed by atoms with E-state index in [0.717, 1.165) is 55.8 Å². The van der Waals surface area contributed by atoms with Crippen molar-refractivity contribution >= 4 is 16.9 Å². The third-order valence-corrected chi connectivity index (χ3v) is 4.98. The van der Waals surface area contributed by atoms with Gasteiger partial charge in [-0.25, -0.2) is 9.37 Å². The highest BCUT2D eigenvalue weighted by Gasteiger charge is 2.20. The number of piperidine rings is 1. The number of halogens is 1. The number of H-pyrrole nitrogens is 1. The van der Waals surface area contributed by atoms with Crippen molar-refractivity contribution in [2.24, 2.45) is 5.92 Å². The Balaban J connectivity index is 1.40. The zero-order chi connectivity index (χ0) is 18.4. The molecule has 2 N–H and O–H groups in total. The average molecular weight is 362 g/mol. The topological polar surface area (TPSA) is 70.2 Å². The molecule has 0 radical (unpaired) electrons. The van der Waals surface area contributed by atoms with Crippen molar-refractivity contribution in [3.8, 4) is 0 Å². The molecule has 1 amide bonds. The fraction of sp³-hybridized carbons (Fsp3) is 0.579. The number of hydrogen-bond acceptors (Lipinski definition) is 4. The van der Waals surface area contributed by atoms with E-state index in [9.17, 15) is 9.18 Å². The number of aromatic amines is 1. The summed E-state index contributed by atoms with van der Waals surface area (Å²) in [5.41, 5.74) is 1.55. The molecule has 0 bridgehead atoms. The SMILES string of the molecule is COCCNC(=O)CCC1CCN(Cc2nc3ccc(F)cc3[nH]2)CC1. The summed E-state index contributed by atoms with van der Waals surface area (Å²) in [4.78, 5) is 21.9. The third kappa shape index (κ3) is 5.25. The number of nitrogens with one attached hydrogen (secondary N) is 2. The van der Waals surface area contributed by atoms with Crippen molar-refractivity contribution in [2.75, 3.05) is 33.4 Å². The molecule has 6 nitrogen and oxygen atoms in total. The summed E-state index contributed by atoms with van der Waals surface area (Å²) in [6.45, 7) is 3.89. The van der Waals surface area contributed by atoms with Gasteiger partial charge >= 0.3 is 0 Å². The van der Waals surface area contributed by atoms with Crippen LogP contribution >= 0.6 is 0 Å². The highest BCUT2D eigenvalue weighted by atomic mass is 19.1. The van der Waals surface area contributed by atoms with Gasteiger partial charge < -0.3 is 15.0 Å². The van der Waals surface area contributed by atoms with Gasteiger partial charge in [0.05, 0.1) is 24.2 Å². The Morgan fingerprint density at radius 3 is 3.00 bits per heavy atom. The molecule has 1 aliphatic rings. The quantitative estimate of drug-likeness (QED) is 0.708. The normalized spacial score (nSPS) is 16.2. The van der Waals surface area contributed by atoms with Crippen LogP contribution < -0.4 is 5.32 Å². The number of likely N-dealkylation sites (tertiary alicyclic amines) is 1. The van der Waals surface area contributed by atoms with Crippen LogP contribution in [0.25, 0.3) is 11.0 Å². The van der Waals surface area contributed by atoms with E-state index in [4.69, 9.17) is 4.74 Å². The van der Waals surface area contributed by atoms with Gasteiger partial charge in [-0.3, -0.25) is 9.69 Å². The molecule has 0 unspecified atom stereocenters. The molecular weight excluding hydrogens is 335 g/mol. The molecule has 1 aromatic heterocycles. The van der Waals surface area contributed by atoms with Gasteiger partial charge in [0.1, 0.15) is 11.6 Å². The Kier molecular flexibility index (Phi) is 6.57. The monoisotopic (exact) mass is 362 g/mol. The minimum absolute atomic E-state index is 0.110. The fourth-order valence-electron chi connectivity index (χ4n) is 3.47. The molecule has 1 saturated heterocycles. The van der Waals surface area contributed by atoms with Gasteiger partial charge in [-0.15, -0.1) is 0 Å². The molecular formula is C19H27FN4O2. The van der Waals surface area contributed by atoms with E-state index in [1.54, 1.807) is 13.2 Å². The van der Waals surface area contributed by atoms with Crippen LogP contribution in [0.3, 0.4) is 0 Å². The summed E-state index contributed by atoms with van der Waals surface area (Å²) in [5, 5.41) is 2.87. The van der Waals surface area contributed by atoms with E-state index in [-0.39, 0.29) is 11.7 Å². The molecule has 26 heavy (non-hydrogen) atoms. The summed E-state index contributed by atoms with van der Waals surface area (Å²) in [6, 6.07) is 4.62. The van der Waals surface area contributed by atoms with Crippen molar-refractivity contribution < 1.29 is 13.9 Å². The lowest BCUT2D eigenvalue weighted by Crippen LogP contribution is -2.34. The summed E-state index contributed by atoms with van der Waals surface area (Å²) >= 11 is 0.